The highest BCUT2D eigenvalue weighted by Gasteiger charge is 2.26. The van der Waals surface area contributed by atoms with Crippen molar-refractivity contribution in [1.29, 1.82) is 0 Å². The largest absolute Gasteiger partial charge is 0.461 e. The maximum Gasteiger partial charge on any atom is 0.241 e. The van der Waals surface area contributed by atoms with E-state index in [1.54, 1.807) is 7.05 Å². The van der Waals surface area contributed by atoms with Gasteiger partial charge in [-0.2, -0.15) is 4.72 Å². The number of aryl methyl sites for hydroxylation is 1. The third-order valence-corrected chi connectivity index (χ3v) is 7.05. The van der Waals surface area contributed by atoms with Crippen LogP contribution >= 0.6 is 0 Å². The van der Waals surface area contributed by atoms with Gasteiger partial charge < -0.3 is 14.6 Å². The average molecular weight is 486 g/mol. The van der Waals surface area contributed by atoms with Gasteiger partial charge in [-0.1, -0.05) is 31.5 Å². The van der Waals surface area contributed by atoms with Crippen LogP contribution in [-0.2, 0) is 32.6 Å². The number of sulfonamides is 1. The third kappa shape index (κ3) is 6.03. The van der Waals surface area contributed by atoms with E-state index in [0.29, 0.717) is 12.2 Å². The maximum absolute atomic E-state index is 13.0. The number of rotatable bonds is 10. The van der Waals surface area contributed by atoms with Gasteiger partial charge in [0.25, 0.3) is 0 Å². The molecule has 0 fully saturated rings. The van der Waals surface area contributed by atoms with Gasteiger partial charge in [-0.05, 0) is 43.7 Å². The normalized spacial score (nSPS) is 12.5. The summed E-state index contributed by atoms with van der Waals surface area (Å²) in [6, 6.07) is 12.5. The number of hydrogen-bond acceptors (Lipinski definition) is 5. The molecule has 34 heavy (non-hydrogen) atoms. The Hall–Kier alpha value is -3.17. The molecular weight excluding hydrogens is 454 g/mol. The van der Waals surface area contributed by atoms with Gasteiger partial charge in [-0.15, -0.1) is 0 Å². The number of nitrogens with zero attached hydrogens (tertiary/aromatic N) is 1. The zero-order valence-corrected chi connectivity index (χ0v) is 20.7. The number of unbranched alkanes of at least 4 members (excludes halogenated alkanes) is 1. The summed E-state index contributed by atoms with van der Waals surface area (Å²) in [5.74, 6) is 0.250. The Bertz CT molecular complexity index is 1270. The zero-order valence-electron chi connectivity index (χ0n) is 19.9. The fourth-order valence-electron chi connectivity index (χ4n) is 3.78. The predicted molar refractivity (Wildman–Crippen MR) is 132 cm³/mol. The molecule has 2 aromatic carbocycles. The van der Waals surface area contributed by atoms with Crippen molar-refractivity contribution in [3.8, 4) is 0 Å². The van der Waals surface area contributed by atoms with Crippen molar-refractivity contribution in [1.82, 2.24) is 9.62 Å². The summed E-state index contributed by atoms with van der Waals surface area (Å²) in [5.41, 5.74) is 2.21. The molecule has 3 aromatic rings. The van der Waals surface area contributed by atoms with Crippen LogP contribution in [0.1, 0.15) is 44.9 Å². The molecule has 2 N–H and O–H groups in total. The number of hydrogen-bond donors (Lipinski definition) is 2. The number of fused-ring (bicyclic) bond motifs is 1. The SMILES string of the molecule is CCCCc1oc2ccccc2c1CN(C)C(=O)[C@H](C)NS(=O)(=O)c1ccc(NC(C)=O)cc1. The van der Waals surface area contributed by atoms with Gasteiger partial charge in [0, 0.05) is 43.6 Å². The molecule has 0 radical (unpaired) electrons. The van der Waals surface area contributed by atoms with E-state index in [0.717, 1.165) is 41.6 Å². The van der Waals surface area contributed by atoms with Crippen LogP contribution < -0.4 is 10.0 Å². The fourth-order valence-corrected chi connectivity index (χ4v) is 4.98. The molecule has 0 aliphatic carbocycles. The molecule has 0 saturated heterocycles. The van der Waals surface area contributed by atoms with Gasteiger partial charge in [0.15, 0.2) is 0 Å². The van der Waals surface area contributed by atoms with Crippen LogP contribution in [0.2, 0.25) is 0 Å². The lowest BCUT2D eigenvalue weighted by Crippen LogP contribution is -2.45. The molecule has 8 nitrogen and oxygen atoms in total. The van der Waals surface area contributed by atoms with Crippen LogP contribution in [0, 0.1) is 0 Å². The Morgan fingerprint density at radius 1 is 1.09 bits per heavy atom. The first kappa shape index (κ1) is 25.5. The molecule has 182 valence electrons. The number of carbonyl (C=O) groups is 2. The molecule has 1 heterocycles. The third-order valence-electron chi connectivity index (χ3n) is 5.50. The Morgan fingerprint density at radius 3 is 2.41 bits per heavy atom. The van der Waals surface area contributed by atoms with Gasteiger partial charge >= 0.3 is 0 Å². The first-order valence-corrected chi connectivity index (χ1v) is 12.7. The standard InChI is InChI=1S/C25H31N3O5S/c1-5-6-10-24-22(21-9-7-8-11-23(21)33-24)16-28(4)25(30)17(2)27-34(31,32)20-14-12-19(13-15-20)26-18(3)29/h7-9,11-15,17,27H,5-6,10,16H2,1-4H3,(H,26,29)/t17-/m0/s1. The first-order valence-electron chi connectivity index (χ1n) is 11.3. The molecule has 0 aliphatic rings. The first-order chi connectivity index (χ1) is 16.1. The number of para-hydroxylation sites is 1. The van der Waals surface area contributed by atoms with E-state index < -0.39 is 16.1 Å². The van der Waals surface area contributed by atoms with E-state index in [4.69, 9.17) is 4.42 Å². The van der Waals surface area contributed by atoms with Crippen LogP contribution in [0.3, 0.4) is 0 Å². The summed E-state index contributed by atoms with van der Waals surface area (Å²) < 4.78 is 34.1. The van der Waals surface area contributed by atoms with Crippen molar-refractivity contribution in [3.05, 3.63) is 59.9 Å². The van der Waals surface area contributed by atoms with Crippen LogP contribution in [0.4, 0.5) is 5.69 Å². The Balaban J connectivity index is 1.73. The highest BCUT2D eigenvalue weighted by atomic mass is 32.2. The van der Waals surface area contributed by atoms with Crippen LogP contribution in [0.5, 0.6) is 0 Å². The lowest BCUT2D eigenvalue weighted by molar-refractivity contribution is -0.131. The molecule has 3 rings (SSSR count). The lowest BCUT2D eigenvalue weighted by atomic mass is 10.1. The molecular formula is C25H31N3O5S. The molecule has 9 heteroatoms. The van der Waals surface area contributed by atoms with E-state index in [-0.39, 0.29) is 16.7 Å². The molecule has 0 aliphatic heterocycles. The highest BCUT2D eigenvalue weighted by Crippen LogP contribution is 2.28. The molecule has 1 atom stereocenters. The van der Waals surface area contributed by atoms with Crippen molar-refractivity contribution in [3.63, 3.8) is 0 Å². The van der Waals surface area contributed by atoms with E-state index in [1.165, 1.54) is 43.0 Å². The van der Waals surface area contributed by atoms with Crippen molar-refractivity contribution in [2.24, 2.45) is 0 Å². The van der Waals surface area contributed by atoms with Crippen molar-refractivity contribution in [2.75, 3.05) is 12.4 Å². The van der Waals surface area contributed by atoms with Crippen molar-refractivity contribution < 1.29 is 22.4 Å². The summed E-state index contributed by atoms with van der Waals surface area (Å²) in [7, 11) is -2.28. The minimum Gasteiger partial charge on any atom is -0.461 e. The molecule has 0 bridgehead atoms. The summed E-state index contributed by atoms with van der Waals surface area (Å²) >= 11 is 0. The number of anilines is 1. The van der Waals surface area contributed by atoms with Gasteiger partial charge in [-0.25, -0.2) is 8.42 Å². The monoisotopic (exact) mass is 485 g/mol. The summed E-state index contributed by atoms with van der Waals surface area (Å²) in [5, 5.41) is 3.54. The van der Waals surface area contributed by atoms with E-state index in [9.17, 15) is 18.0 Å². The lowest BCUT2D eigenvalue weighted by Gasteiger charge is -2.22. The molecule has 2 amide bonds. The van der Waals surface area contributed by atoms with Gasteiger partial charge in [0.2, 0.25) is 21.8 Å². The average Bonchev–Trinajstić information content (AvgIpc) is 3.14. The van der Waals surface area contributed by atoms with Gasteiger partial charge in [-0.3, -0.25) is 9.59 Å². The van der Waals surface area contributed by atoms with Crippen LogP contribution in [0.25, 0.3) is 11.0 Å². The number of furan rings is 1. The zero-order chi connectivity index (χ0) is 24.9. The molecule has 0 saturated carbocycles. The second-order valence-electron chi connectivity index (χ2n) is 8.35. The minimum absolute atomic E-state index is 0.00610. The van der Waals surface area contributed by atoms with Gasteiger partial charge in [0.1, 0.15) is 11.3 Å². The molecule has 0 spiro atoms. The molecule has 0 unspecified atom stereocenters. The number of benzene rings is 2. The number of nitrogens with one attached hydrogen (secondary N) is 2. The summed E-state index contributed by atoms with van der Waals surface area (Å²) in [6.07, 6.45) is 2.77. The number of likely N-dealkylation sites (N-methyl/N-ethyl adjacent to an activating group) is 1. The Morgan fingerprint density at radius 2 is 1.76 bits per heavy atom. The molecule has 1 aromatic heterocycles. The van der Waals surface area contributed by atoms with E-state index in [2.05, 4.69) is 17.0 Å². The highest BCUT2D eigenvalue weighted by molar-refractivity contribution is 7.89. The second-order valence-corrected chi connectivity index (χ2v) is 10.1. The van der Waals surface area contributed by atoms with Crippen molar-refractivity contribution >= 4 is 38.5 Å². The van der Waals surface area contributed by atoms with Crippen LogP contribution in [-0.4, -0.2) is 38.2 Å². The quantitative estimate of drug-likeness (QED) is 0.450. The Kier molecular flexibility index (Phi) is 8.11. The van der Waals surface area contributed by atoms with Crippen molar-refractivity contribution in [2.45, 2.75) is 57.5 Å². The summed E-state index contributed by atoms with van der Waals surface area (Å²) in [4.78, 5) is 25.7. The number of carbonyl (C=O) groups excluding carboxylic acids is 2. The predicted octanol–water partition coefficient (Wildman–Crippen LogP) is 4.06. The second kappa shape index (κ2) is 10.8. The van der Waals surface area contributed by atoms with E-state index >= 15 is 0 Å². The number of amides is 2. The Labute approximate surface area is 200 Å². The van der Waals surface area contributed by atoms with Gasteiger partial charge in [0.05, 0.1) is 10.9 Å². The summed E-state index contributed by atoms with van der Waals surface area (Å²) in [6.45, 7) is 5.31. The smallest absolute Gasteiger partial charge is 0.241 e. The van der Waals surface area contributed by atoms with E-state index in [1.807, 2.05) is 24.3 Å². The fraction of sp³-hybridized carbons (Fsp3) is 0.360. The topological polar surface area (TPSA) is 109 Å². The minimum atomic E-state index is -3.93. The maximum atomic E-state index is 13.0. The van der Waals surface area contributed by atoms with Crippen LogP contribution in [0.15, 0.2) is 57.8 Å².